The number of halogens is 2. The Morgan fingerprint density at radius 3 is 2.64 bits per heavy atom. The average Bonchev–Trinajstić information content (AvgIpc) is 2.81. The molecule has 2 heterocycles. The lowest BCUT2D eigenvalue weighted by Gasteiger charge is -2.41. The lowest BCUT2D eigenvalue weighted by Crippen LogP contribution is -2.50. The summed E-state index contributed by atoms with van der Waals surface area (Å²) in [6.07, 6.45) is 0.638. The molecule has 0 saturated heterocycles. The number of aromatic hydroxyl groups is 1. The summed E-state index contributed by atoms with van der Waals surface area (Å²) in [7, 11) is -1.57. The second-order valence-electron chi connectivity index (χ2n) is 9.02. The number of nitrogens with zero attached hydrogens (tertiary/aromatic N) is 1. The number of nitrogens with one attached hydrogen (secondary N) is 1. The quantitative estimate of drug-likeness (QED) is 0.481. The van der Waals surface area contributed by atoms with Gasteiger partial charge in [-0.15, -0.1) is 0 Å². The molecule has 1 aromatic heterocycles. The lowest BCUT2D eigenvalue weighted by atomic mass is 9.73. The Labute approximate surface area is 206 Å². The van der Waals surface area contributed by atoms with Gasteiger partial charge in [0.1, 0.15) is 22.9 Å². The van der Waals surface area contributed by atoms with Crippen LogP contribution in [0.15, 0.2) is 29.2 Å². The lowest BCUT2D eigenvalue weighted by molar-refractivity contribution is -0.0161. The van der Waals surface area contributed by atoms with Crippen LogP contribution in [0.5, 0.6) is 5.75 Å². The molecule has 0 spiro atoms. The van der Waals surface area contributed by atoms with E-state index in [1.54, 1.807) is 13.8 Å². The fraction of sp³-hybridized carbons (Fsp3) is 0.458. The molecule has 12 heteroatoms. The largest absolute Gasteiger partial charge is 0.503 e. The Bertz CT molecular complexity index is 1300. The number of Topliss-reactive ketones (excluding diaryl/α,β-unsaturated/α-hetero) is 1. The smallest absolute Gasteiger partial charge is 0.257 e. The molecule has 3 unspecified atom stereocenters. The standard InChI is InChI=1S/C24H29F2N2O7P/c1-5-35-36(4,33)9-8-24(2)18(34-3)13-28-12-16(20(29)21(30)19(28)22(24)31)23(32)27-11-14-6-7-15(25)10-17(14)26/h6-7,10,12,18,30H,5,8-9,11,13H2,1-4H3,(H,27,32). The zero-order chi connectivity index (χ0) is 26.8. The number of rotatable bonds is 9. The van der Waals surface area contributed by atoms with Crippen molar-refractivity contribution in [3.63, 3.8) is 0 Å². The van der Waals surface area contributed by atoms with Crippen LogP contribution in [0.4, 0.5) is 8.78 Å². The van der Waals surface area contributed by atoms with Crippen molar-refractivity contribution in [2.24, 2.45) is 5.41 Å². The van der Waals surface area contributed by atoms with E-state index in [1.165, 1.54) is 18.3 Å². The number of hydrogen-bond donors (Lipinski definition) is 2. The van der Waals surface area contributed by atoms with Crippen LogP contribution in [0.3, 0.4) is 0 Å². The number of amides is 1. The number of carbonyl (C=O) groups excluding carboxylic acids is 2. The van der Waals surface area contributed by atoms with Crippen molar-refractivity contribution >= 4 is 19.1 Å². The van der Waals surface area contributed by atoms with Gasteiger partial charge in [-0.05, 0) is 26.3 Å². The van der Waals surface area contributed by atoms with Crippen molar-refractivity contribution in [3.8, 4) is 5.75 Å². The fourth-order valence-electron chi connectivity index (χ4n) is 4.31. The molecule has 2 aromatic rings. The number of benzene rings is 1. The molecule has 1 aromatic carbocycles. The molecular formula is C24H29F2N2O7P. The maximum atomic E-state index is 13.9. The van der Waals surface area contributed by atoms with Gasteiger partial charge in [0.05, 0.1) is 24.7 Å². The van der Waals surface area contributed by atoms with Crippen molar-refractivity contribution < 1.29 is 37.3 Å². The third kappa shape index (κ3) is 5.43. The minimum atomic E-state index is -2.97. The minimum Gasteiger partial charge on any atom is -0.503 e. The molecule has 36 heavy (non-hydrogen) atoms. The molecule has 196 valence electrons. The Hall–Kier alpha value is -2.88. The summed E-state index contributed by atoms with van der Waals surface area (Å²) in [5.41, 5.74) is -3.03. The Morgan fingerprint density at radius 1 is 1.33 bits per heavy atom. The van der Waals surface area contributed by atoms with Gasteiger partial charge in [0, 0.05) is 44.3 Å². The van der Waals surface area contributed by atoms with Gasteiger partial charge in [-0.2, -0.15) is 0 Å². The molecule has 0 radical (unpaired) electrons. The Morgan fingerprint density at radius 2 is 2.03 bits per heavy atom. The van der Waals surface area contributed by atoms with E-state index < -0.39 is 59.0 Å². The number of aromatic nitrogens is 1. The molecule has 0 aliphatic carbocycles. The molecular weight excluding hydrogens is 497 g/mol. The van der Waals surface area contributed by atoms with E-state index in [0.29, 0.717) is 6.07 Å². The molecule has 1 amide bonds. The Balaban J connectivity index is 1.91. The van der Waals surface area contributed by atoms with Crippen molar-refractivity contribution in [1.29, 1.82) is 0 Å². The van der Waals surface area contributed by atoms with E-state index in [2.05, 4.69) is 5.32 Å². The molecule has 1 aliphatic heterocycles. The van der Waals surface area contributed by atoms with Crippen LogP contribution in [0.1, 0.15) is 46.7 Å². The zero-order valence-corrected chi connectivity index (χ0v) is 21.4. The van der Waals surface area contributed by atoms with E-state index in [0.717, 1.165) is 18.3 Å². The summed E-state index contributed by atoms with van der Waals surface area (Å²) >= 11 is 0. The van der Waals surface area contributed by atoms with Crippen LogP contribution in [0, 0.1) is 17.0 Å². The normalized spacial score (nSPS) is 21.1. The van der Waals surface area contributed by atoms with Crippen LogP contribution < -0.4 is 10.7 Å². The average molecular weight is 526 g/mol. The number of ketones is 1. The Kier molecular flexibility index (Phi) is 8.17. The molecule has 3 rings (SSSR count). The van der Waals surface area contributed by atoms with Gasteiger partial charge in [0.15, 0.2) is 18.9 Å². The monoisotopic (exact) mass is 526 g/mol. The van der Waals surface area contributed by atoms with Gasteiger partial charge < -0.3 is 24.3 Å². The highest BCUT2D eigenvalue weighted by atomic mass is 31.2. The van der Waals surface area contributed by atoms with Gasteiger partial charge in [-0.25, -0.2) is 8.78 Å². The van der Waals surface area contributed by atoms with Crippen molar-refractivity contribution in [2.45, 2.75) is 39.5 Å². The van der Waals surface area contributed by atoms with Gasteiger partial charge in [0.25, 0.3) is 5.91 Å². The number of ether oxygens (including phenoxy) is 1. The first-order valence-corrected chi connectivity index (χ1v) is 13.6. The van der Waals surface area contributed by atoms with E-state index in [-0.39, 0.29) is 43.5 Å². The fourth-order valence-corrected chi connectivity index (χ4v) is 5.85. The minimum absolute atomic E-state index is 0.00214. The molecule has 9 nitrogen and oxygen atoms in total. The van der Waals surface area contributed by atoms with E-state index in [9.17, 15) is 32.8 Å². The summed E-state index contributed by atoms with van der Waals surface area (Å²) in [6, 6.07) is 2.86. The molecule has 2 N–H and O–H groups in total. The van der Waals surface area contributed by atoms with Gasteiger partial charge in [-0.1, -0.05) is 6.07 Å². The highest BCUT2D eigenvalue weighted by Crippen LogP contribution is 2.48. The SMILES string of the molecule is CCOP(C)(=O)CCC1(C)C(=O)c2c(O)c(=O)c(C(=O)NCc3ccc(F)cc3F)cn2CC1OC. The number of pyridine rings is 1. The first kappa shape index (κ1) is 27.7. The van der Waals surface area contributed by atoms with Gasteiger partial charge in [0.2, 0.25) is 5.43 Å². The molecule has 0 fully saturated rings. The number of methoxy groups -OCH3 is 1. The number of carbonyl (C=O) groups is 2. The highest BCUT2D eigenvalue weighted by molar-refractivity contribution is 7.58. The summed E-state index contributed by atoms with van der Waals surface area (Å²) in [6.45, 7) is 4.75. The molecule has 3 atom stereocenters. The van der Waals surface area contributed by atoms with E-state index >= 15 is 0 Å². The van der Waals surface area contributed by atoms with Gasteiger partial charge >= 0.3 is 0 Å². The van der Waals surface area contributed by atoms with Gasteiger partial charge in [-0.3, -0.25) is 18.9 Å². The summed E-state index contributed by atoms with van der Waals surface area (Å²) < 4.78 is 51.7. The second-order valence-corrected chi connectivity index (χ2v) is 11.7. The molecule has 0 bridgehead atoms. The highest BCUT2D eigenvalue weighted by Gasteiger charge is 2.48. The topological polar surface area (TPSA) is 124 Å². The van der Waals surface area contributed by atoms with Crippen LogP contribution in [-0.4, -0.2) is 54.0 Å². The third-order valence-electron chi connectivity index (χ3n) is 6.49. The van der Waals surface area contributed by atoms with Crippen molar-refractivity contribution in [3.05, 3.63) is 63.1 Å². The maximum Gasteiger partial charge on any atom is 0.257 e. The number of fused-ring (bicyclic) bond motifs is 1. The predicted molar refractivity (Wildman–Crippen MR) is 128 cm³/mol. The predicted octanol–water partition coefficient (Wildman–Crippen LogP) is 3.31. The number of hydrogen-bond acceptors (Lipinski definition) is 7. The summed E-state index contributed by atoms with van der Waals surface area (Å²) in [5.74, 6) is -4.04. The van der Waals surface area contributed by atoms with Crippen molar-refractivity contribution in [2.75, 3.05) is 26.5 Å². The maximum absolute atomic E-state index is 13.9. The third-order valence-corrected chi connectivity index (χ3v) is 8.33. The second kappa shape index (κ2) is 10.6. The first-order chi connectivity index (χ1) is 16.8. The van der Waals surface area contributed by atoms with E-state index in [1.807, 2.05) is 0 Å². The zero-order valence-electron chi connectivity index (χ0n) is 20.5. The molecule has 0 saturated carbocycles. The first-order valence-electron chi connectivity index (χ1n) is 11.3. The van der Waals surface area contributed by atoms with E-state index in [4.69, 9.17) is 9.26 Å². The van der Waals surface area contributed by atoms with Crippen LogP contribution in [-0.2, 0) is 26.9 Å². The van der Waals surface area contributed by atoms with Crippen molar-refractivity contribution in [1.82, 2.24) is 9.88 Å². The summed E-state index contributed by atoms with van der Waals surface area (Å²) in [5, 5.41) is 13.0. The summed E-state index contributed by atoms with van der Waals surface area (Å²) in [4.78, 5) is 39.0. The van der Waals surface area contributed by atoms with Crippen LogP contribution in [0.2, 0.25) is 0 Å². The molecule has 1 aliphatic rings. The van der Waals surface area contributed by atoms with Crippen LogP contribution in [0.25, 0.3) is 0 Å². The van der Waals surface area contributed by atoms with Crippen LogP contribution >= 0.6 is 7.37 Å².